The highest BCUT2D eigenvalue weighted by Gasteiger charge is 2.24. The predicted molar refractivity (Wildman–Crippen MR) is 116 cm³/mol. The Bertz CT molecular complexity index is 300. The standard InChI is InChI=1S/C23H50NO3.BrH/c1-3-4-5-6-7-8-9-10-11-12-13-14-15-16-17-23(27)22-24(2,18-20-25)19-21-26;/h23,25-27H,3-22H2,1-2H3;1H/q+1;/p-1. The van der Waals surface area contributed by atoms with Crippen molar-refractivity contribution in [2.24, 2.45) is 0 Å². The van der Waals surface area contributed by atoms with E-state index in [-0.39, 0.29) is 36.3 Å². The fourth-order valence-corrected chi connectivity index (χ4v) is 3.95. The number of aliphatic hydroxyl groups is 3. The van der Waals surface area contributed by atoms with E-state index in [0.717, 1.165) is 12.8 Å². The van der Waals surface area contributed by atoms with E-state index in [9.17, 15) is 15.3 Å². The van der Waals surface area contributed by atoms with Crippen LogP contribution in [0.1, 0.15) is 103 Å². The molecule has 0 aromatic carbocycles. The van der Waals surface area contributed by atoms with E-state index in [1.807, 2.05) is 7.05 Å². The number of rotatable bonds is 21. The van der Waals surface area contributed by atoms with E-state index in [1.165, 1.54) is 83.5 Å². The molecule has 0 aromatic heterocycles. The van der Waals surface area contributed by atoms with Gasteiger partial charge in [-0.05, 0) is 6.42 Å². The minimum Gasteiger partial charge on any atom is -1.00 e. The van der Waals surface area contributed by atoms with Gasteiger partial charge in [0, 0.05) is 0 Å². The van der Waals surface area contributed by atoms with Gasteiger partial charge in [-0.1, -0.05) is 96.8 Å². The monoisotopic (exact) mass is 467 g/mol. The smallest absolute Gasteiger partial charge is 0.105 e. The SMILES string of the molecule is CCCCCCCCCCCCCCCCC(O)C[N+](C)(CCO)CCO.[Br-]. The summed E-state index contributed by atoms with van der Waals surface area (Å²) < 4.78 is 0.548. The fraction of sp³-hybridized carbons (Fsp3) is 1.00. The number of hydrogen-bond acceptors (Lipinski definition) is 3. The van der Waals surface area contributed by atoms with Gasteiger partial charge in [0.1, 0.15) is 25.7 Å². The molecule has 0 heterocycles. The van der Waals surface area contributed by atoms with E-state index < -0.39 is 0 Å². The number of aliphatic hydroxyl groups excluding tert-OH is 3. The molecule has 3 N–H and O–H groups in total. The zero-order valence-electron chi connectivity index (χ0n) is 18.9. The van der Waals surface area contributed by atoms with Crippen molar-refractivity contribution < 1.29 is 36.8 Å². The Hall–Kier alpha value is 0.320. The van der Waals surface area contributed by atoms with E-state index in [2.05, 4.69) is 6.92 Å². The molecule has 4 nitrogen and oxygen atoms in total. The highest BCUT2D eigenvalue weighted by molar-refractivity contribution is 4.57. The Morgan fingerprint density at radius 1 is 0.643 bits per heavy atom. The van der Waals surface area contributed by atoms with Crippen LogP contribution in [0, 0.1) is 0 Å². The number of quaternary nitrogens is 1. The van der Waals surface area contributed by atoms with Gasteiger partial charge < -0.3 is 36.8 Å². The van der Waals surface area contributed by atoms with Crippen molar-refractivity contribution in [3.8, 4) is 0 Å². The summed E-state index contributed by atoms with van der Waals surface area (Å²) in [6, 6.07) is 0. The van der Waals surface area contributed by atoms with Crippen LogP contribution >= 0.6 is 0 Å². The van der Waals surface area contributed by atoms with Crippen LogP contribution in [0.4, 0.5) is 0 Å². The average Bonchev–Trinajstić information content (AvgIpc) is 2.62. The minimum atomic E-state index is -0.328. The summed E-state index contributed by atoms with van der Waals surface area (Å²) in [7, 11) is 2.00. The maximum Gasteiger partial charge on any atom is 0.105 e. The fourth-order valence-electron chi connectivity index (χ4n) is 3.95. The van der Waals surface area contributed by atoms with Crippen LogP contribution in [0.15, 0.2) is 0 Å². The Labute approximate surface area is 186 Å². The zero-order chi connectivity index (χ0) is 20.2. The molecular weight excluding hydrogens is 418 g/mol. The molecule has 1 atom stereocenters. The van der Waals surface area contributed by atoms with Gasteiger partial charge in [-0.2, -0.15) is 0 Å². The second kappa shape index (κ2) is 22.0. The molecule has 0 radical (unpaired) electrons. The van der Waals surface area contributed by atoms with Crippen molar-refractivity contribution in [1.82, 2.24) is 0 Å². The van der Waals surface area contributed by atoms with Crippen LogP contribution in [0.3, 0.4) is 0 Å². The molecule has 0 aliphatic carbocycles. The van der Waals surface area contributed by atoms with Crippen LogP contribution < -0.4 is 17.0 Å². The summed E-state index contributed by atoms with van der Waals surface area (Å²) in [4.78, 5) is 0. The number of halogens is 1. The Morgan fingerprint density at radius 2 is 1.00 bits per heavy atom. The van der Waals surface area contributed by atoms with Gasteiger partial charge >= 0.3 is 0 Å². The summed E-state index contributed by atoms with van der Waals surface area (Å²) in [5.74, 6) is 0. The molecule has 0 amide bonds. The molecule has 0 bridgehead atoms. The van der Waals surface area contributed by atoms with E-state index in [1.54, 1.807) is 0 Å². The quantitative estimate of drug-likeness (QED) is 0.177. The van der Waals surface area contributed by atoms with Gasteiger partial charge in [0.25, 0.3) is 0 Å². The summed E-state index contributed by atoms with van der Waals surface area (Å²) >= 11 is 0. The molecule has 0 saturated carbocycles. The van der Waals surface area contributed by atoms with Crippen molar-refractivity contribution in [1.29, 1.82) is 0 Å². The first-order valence-electron chi connectivity index (χ1n) is 11.8. The molecular formula is C23H50BrNO3. The largest absolute Gasteiger partial charge is 1.00 e. The normalized spacial score (nSPS) is 12.8. The van der Waals surface area contributed by atoms with Crippen molar-refractivity contribution >= 4 is 0 Å². The van der Waals surface area contributed by atoms with Gasteiger partial charge in [-0.3, -0.25) is 0 Å². The first-order valence-corrected chi connectivity index (χ1v) is 11.8. The first kappa shape index (κ1) is 30.5. The second-order valence-corrected chi connectivity index (χ2v) is 8.74. The maximum atomic E-state index is 10.3. The first-order chi connectivity index (χ1) is 13.1. The molecule has 28 heavy (non-hydrogen) atoms. The number of unbranched alkanes of at least 4 members (excludes halogenated alkanes) is 13. The van der Waals surface area contributed by atoms with Gasteiger partial charge in [0.05, 0.1) is 20.3 Å². The lowest BCUT2D eigenvalue weighted by molar-refractivity contribution is -0.913. The van der Waals surface area contributed by atoms with Crippen molar-refractivity contribution in [2.45, 2.75) is 109 Å². The summed E-state index contributed by atoms with van der Waals surface area (Å²) in [5.41, 5.74) is 0. The molecule has 0 saturated heterocycles. The van der Waals surface area contributed by atoms with Crippen LogP contribution in [-0.2, 0) is 0 Å². The molecule has 0 aromatic rings. The molecule has 0 aliphatic rings. The summed E-state index contributed by atoms with van der Waals surface area (Å²) in [6.45, 7) is 4.28. The topological polar surface area (TPSA) is 60.7 Å². The van der Waals surface area contributed by atoms with E-state index in [4.69, 9.17) is 0 Å². The van der Waals surface area contributed by atoms with E-state index >= 15 is 0 Å². The molecule has 0 aliphatic heterocycles. The van der Waals surface area contributed by atoms with Crippen molar-refractivity contribution in [3.05, 3.63) is 0 Å². The third-order valence-electron chi connectivity index (χ3n) is 5.82. The van der Waals surface area contributed by atoms with Gasteiger partial charge in [0.2, 0.25) is 0 Å². The van der Waals surface area contributed by atoms with Crippen LogP contribution in [0.2, 0.25) is 0 Å². The molecule has 0 rings (SSSR count). The maximum absolute atomic E-state index is 10.3. The highest BCUT2D eigenvalue weighted by atomic mass is 79.9. The number of hydrogen-bond donors (Lipinski definition) is 3. The number of nitrogens with zero attached hydrogens (tertiary/aromatic N) is 1. The van der Waals surface area contributed by atoms with Gasteiger partial charge in [0.15, 0.2) is 0 Å². The molecule has 0 fully saturated rings. The van der Waals surface area contributed by atoms with Crippen LogP contribution in [0.5, 0.6) is 0 Å². The highest BCUT2D eigenvalue weighted by Crippen LogP contribution is 2.14. The van der Waals surface area contributed by atoms with Crippen molar-refractivity contribution in [3.63, 3.8) is 0 Å². The number of likely N-dealkylation sites (N-methyl/N-ethyl adjacent to an activating group) is 1. The minimum absolute atomic E-state index is 0. The second-order valence-electron chi connectivity index (χ2n) is 8.74. The predicted octanol–water partition coefficient (Wildman–Crippen LogP) is 1.65. The zero-order valence-corrected chi connectivity index (χ0v) is 20.5. The lowest BCUT2D eigenvalue weighted by Crippen LogP contribution is -3.00. The van der Waals surface area contributed by atoms with Crippen molar-refractivity contribution in [2.75, 3.05) is 39.9 Å². The Balaban J connectivity index is 0. The molecule has 172 valence electrons. The lowest BCUT2D eigenvalue weighted by atomic mass is 10.0. The summed E-state index contributed by atoms with van der Waals surface area (Å²) in [6.07, 6.45) is 19.4. The van der Waals surface area contributed by atoms with Gasteiger partial charge in [-0.15, -0.1) is 0 Å². The van der Waals surface area contributed by atoms with Gasteiger partial charge in [-0.25, -0.2) is 0 Å². The van der Waals surface area contributed by atoms with Crippen LogP contribution in [-0.4, -0.2) is 65.8 Å². The third-order valence-corrected chi connectivity index (χ3v) is 5.82. The Kier molecular flexibility index (Phi) is 24.0. The van der Waals surface area contributed by atoms with E-state index in [0.29, 0.717) is 24.1 Å². The average molecular weight is 469 g/mol. The Morgan fingerprint density at radius 3 is 1.36 bits per heavy atom. The molecule has 1 unspecified atom stereocenters. The summed E-state index contributed by atoms with van der Waals surface area (Å²) in [5, 5.41) is 28.6. The molecule has 0 spiro atoms. The van der Waals surface area contributed by atoms with Crippen LogP contribution in [0.25, 0.3) is 0 Å². The molecule has 5 heteroatoms. The lowest BCUT2D eigenvalue weighted by Gasteiger charge is -2.35. The third kappa shape index (κ3) is 19.6.